The minimum absolute atomic E-state index is 0.0178. The van der Waals surface area contributed by atoms with Gasteiger partial charge in [-0.25, -0.2) is 0 Å². The van der Waals surface area contributed by atoms with Crippen molar-refractivity contribution in [2.45, 2.75) is 26.2 Å². The lowest BCUT2D eigenvalue weighted by Crippen LogP contribution is -2.24. The summed E-state index contributed by atoms with van der Waals surface area (Å²) < 4.78 is 11.1. The zero-order valence-electron chi connectivity index (χ0n) is 10.8. The Morgan fingerprint density at radius 3 is 2.24 bits per heavy atom. The van der Waals surface area contributed by atoms with Crippen molar-refractivity contribution in [1.29, 1.82) is 0 Å². The monoisotopic (exact) mass is 250 g/mol. The molecule has 0 atom stereocenters. The molecule has 0 fully saturated rings. The zero-order valence-corrected chi connectivity index (χ0v) is 12.2. The van der Waals surface area contributed by atoms with Gasteiger partial charge < -0.3 is 9.47 Å². The molecule has 0 unspecified atom stereocenters. The van der Waals surface area contributed by atoms with Gasteiger partial charge in [0.1, 0.15) is 0 Å². The highest BCUT2D eigenvalue weighted by Crippen LogP contribution is 2.02. The maximum absolute atomic E-state index is 5.55. The molecule has 1 rings (SSSR count). The summed E-state index contributed by atoms with van der Waals surface area (Å²) in [4.78, 5) is 0. The van der Waals surface area contributed by atoms with Gasteiger partial charge in [0.15, 0.2) is 6.29 Å². The number of hydrogen-bond acceptors (Lipinski definition) is 2. The fourth-order valence-corrected chi connectivity index (χ4v) is 3.16. The van der Waals surface area contributed by atoms with Crippen molar-refractivity contribution in [2.24, 2.45) is 0 Å². The molecule has 0 spiro atoms. The molecule has 0 aliphatic heterocycles. The highest BCUT2D eigenvalue weighted by Gasteiger charge is 2.08. The Balaban J connectivity index is 2.43. The molecule has 0 aliphatic carbocycles. The smallest absolute Gasteiger partial charge is 0.155 e. The first kappa shape index (κ1) is 14.2. The van der Waals surface area contributed by atoms with Crippen LogP contribution in [0.4, 0.5) is 0 Å². The Bertz CT molecular complexity index is 315. The lowest BCUT2D eigenvalue weighted by Gasteiger charge is -2.16. The lowest BCUT2D eigenvalue weighted by atomic mass is 10.2. The first-order valence-corrected chi connectivity index (χ1v) is 7.95. The summed E-state index contributed by atoms with van der Waals surface area (Å²) in [5, 5.41) is 1.44. The Hall–Kier alpha value is -0.903. The molecular weight excluding hydrogens is 228 g/mol. The standard InChI is InChI=1S/C14H22O2Si/c1-4-12-7-9-13(10-8-12)17-11-14(15-5-2)16-6-3/h4,7-10,14H,1,5-6,11,17H2,2-3H3. The second kappa shape index (κ2) is 8.23. The largest absolute Gasteiger partial charge is 0.353 e. The first-order chi connectivity index (χ1) is 8.30. The Morgan fingerprint density at radius 1 is 1.18 bits per heavy atom. The van der Waals surface area contributed by atoms with E-state index in [1.54, 1.807) is 0 Å². The summed E-state index contributed by atoms with van der Waals surface area (Å²) >= 11 is 0. The Kier molecular flexibility index (Phi) is 6.85. The van der Waals surface area contributed by atoms with E-state index in [0.29, 0.717) is 13.2 Å². The molecule has 0 saturated carbocycles. The molecule has 0 heterocycles. The van der Waals surface area contributed by atoms with Gasteiger partial charge in [-0.2, -0.15) is 0 Å². The van der Waals surface area contributed by atoms with Crippen molar-refractivity contribution >= 4 is 20.8 Å². The predicted molar refractivity (Wildman–Crippen MR) is 76.6 cm³/mol. The SMILES string of the molecule is C=Cc1ccc([SiH2]CC(OCC)OCC)cc1. The molecule has 0 amide bonds. The molecule has 3 heteroatoms. The van der Waals surface area contributed by atoms with Gasteiger partial charge in [0.05, 0.1) is 9.52 Å². The average Bonchev–Trinajstić information content (AvgIpc) is 2.37. The number of rotatable bonds is 8. The second-order valence-electron chi connectivity index (χ2n) is 3.82. The van der Waals surface area contributed by atoms with E-state index >= 15 is 0 Å². The highest BCUT2D eigenvalue weighted by atomic mass is 28.2. The van der Waals surface area contributed by atoms with Gasteiger partial charge in [0, 0.05) is 13.2 Å². The van der Waals surface area contributed by atoms with Gasteiger partial charge >= 0.3 is 0 Å². The minimum atomic E-state index is -0.307. The first-order valence-electron chi connectivity index (χ1n) is 6.24. The predicted octanol–water partition coefficient (Wildman–Crippen LogP) is 1.94. The quantitative estimate of drug-likeness (QED) is 0.518. The van der Waals surface area contributed by atoms with E-state index in [9.17, 15) is 0 Å². The van der Waals surface area contributed by atoms with Crippen LogP contribution in [0, 0.1) is 0 Å². The highest BCUT2D eigenvalue weighted by molar-refractivity contribution is 6.53. The average molecular weight is 250 g/mol. The van der Waals surface area contributed by atoms with Gasteiger partial charge in [0.2, 0.25) is 0 Å². The molecule has 1 aromatic rings. The van der Waals surface area contributed by atoms with Crippen molar-refractivity contribution in [3.05, 3.63) is 36.4 Å². The van der Waals surface area contributed by atoms with Crippen LogP contribution >= 0.6 is 0 Å². The summed E-state index contributed by atoms with van der Waals surface area (Å²) in [6.45, 7) is 9.20. The zero-order chi connectivity index (χ0) is 12.5. The van der Waals surface area contributed by atoms with Crippen molar-refractivity contribution in [2.75, 3.05) is 13.2 Å². The molecule has 94 valence electrons. The Morgan fingerprint density at radius 2 is 1.76 bits per heavy atom. The number of benzene rings is 1. The molecule has 0 N–H and O–H groups in total. The van der Waals surface area contributed by atoms with Crippen LogP contribution in [-0.4, -0.2) is 29.0 Å². The maximum Gasteiger partial charge on any atom is 0.155 e. The lowest BCUT2D eigenvalue weighted by molar-refractivity contribution is -0.122. The molecular formula is C14H22O2Si. The van der Waals surface area contributed by atoms with E-state index in [-0.39, 0.29) is 15.8 Å². The van der Waals surface area contributed by atoms with E-state index in [1.165, 1.54) is 10.8 Å². The van der Waals surface area contributed by atoms with Crippen molar-refractivity contribution in [3.63, 3.8) is 0 Å². The van der Waals surface area contributed by atoms with Gasteiger partial charge in [-0.05, 0) is 25.5 Å². The van der Waals surface area contributed by atoms with E-state index in [2.05, 4.69) is 30.8 Å². The third kappa shape index (κ3) is 5.30. The van der Waals surface area contributed by atoms with Crippen molar-refractivity contribution in [1.82, 2.24) is 0 Å². The third-order valence-corrected chi connectivity index (χ3v) is 4.40. The third-order valence-electron chi connectivity index (χ3n) is 2.59. The summed E-state index contributed by atoms with van der Waals surface area (Å²) in [6.07, 6.45) is 1.85. The summed E-state index contributed by atoms with van der Waals surface area (Å²) in [6, 6.07) is 9.66. The second-order valence-corrected chi connectivity index (χ2v) is 5.72. The van der Waals surface area contributed by atoms with Crippen LogP contribution < -0.4 is 5.19 Å². The van der Waals surface area contributed by atoms with Crippen LogP contribution in [0.25, 0.3) is 6.08 Å². The molecule has 17 heavy (non-hydrogen) atoms. The number of ether oxygens (including phenoxy) is 2. The van der Waals surface area contributed by atoms with Gasteiger partial charge in [-0.1, -0.05) is 42.1 Å². The topological polar surface area (TPSA) is 18.5 Å². The van der Waals surface area contributed by atoms with Gasteiger partial charge in [-0.15, -0.1) is 0 Å². The maximum atomic E-state index is 5.55. The molecule has 1 aromatic carbocycles. The van der Waals surface area contributed by atoms with Crippen LogP contribution in [0.1, 0.15) is 19.4 Å². The molecule has 2 nitrogen and oxygen atoms in total. The van der Waals surface area contributed by atoms with E-state index < -0.39 is 0 Å². The molecule has 0 radical (unpaired) electrons. The molecule has 0 saturated heterocycles. The summed E-state index contributed by atoms with van der Waals surface area (Å²) in [5.41, 5.74) is 1.17. The summed E-state index contributed by atoms with van der Waals surface area (Å²) in [5.74, 6) is 0. The van der Waals surface area contributed by atoms with Crippen LogP contribution in [0.5, 0.6) is 0 Å². The van der Waals surface area contributed by atoms with Crippen LogP contribution in [0.15, 0.2) is 30.8 Å². The molecule has 0 bridgehead atoms. The van der Waals surface area contributed by atoms with E-state index in [4.69, 9.17) is 9.47 Å². The van der Waals surface area contributed by atoms with E-state index in [1.807, 2.05) is 19.9 Å². The van der Waals surface area contributed by atoms with Gasteiger partial charge in [-0.3, -0.25) is 0 Å². The minimum Gasteiger partial charge on any atom is -0.353 e. The van der Waals surface area contributed by atoms with Gasteiger partial charge in [0.25, 0.3) is 0 Å². The summed E-state index contributed by atoms with van der Waals surface area (Å²) in [7, 11) is -0.307. The van der Waals surface area contributed by atoms with Crippen LogP contribution in [-0.2, 0) is 9.47 Å². The molecule has 0 aliphatic rings. The number of hydrogen-bond donors (Lipinski definition) is 0. The fourth-order valence-electron chi connectivity index (χ4n) is 1.69. The van der Waals surface area contributed by atoms with Crippen molar-refractivity contribution in [3.8, 4) is 0 Å². The molecule has 0 aromatic heterocycles. The van der Waals surface area contributed by atoms with Crippen molar-refractivity contribution < 1.29 is 9.47 Å². The van der Waals surface area contributed by atoms with Crippen LogP contribution in [0.2, 0.25) is 6.04 Å². The normalized spacial score (nSPS) is 11.5. The fraction of sp³-hybridized carbons (Fsp3) is 0.429. The van der Waals surface area contributed by atoms with E-state index in [0.717, 1.165) is 6.04 Å². The van der Waals surface area contributed by atoms with Crippen LogP contribution in [0.3, 0.4) is 0 Å². The Labute approximate surface area is 106 Å².